The summed E-state index contributed by atoms with van der Waals surface area (Å²) >= 11 is 0. The van der Waals surface area contributed by atoms with Gasteiger partial charge in [-0.15, -0.1) is 0 Å². The van der Waals surface area contributed by atoms with Crippen LogP contribution in [0.15, 0.2) is 6.08 Å². The SMILES string of the molecule is [CH-]=CC1CCCN(C(=O)OC(C)(C)C)CC1.[Y]. The minimum absolute atomic E-state index is 0. The fraction of sp³-hybridized carbons (Fsp3) is 0.769. The van der Waals surface area contributed by atoms with E-state index in [-0.39, 0.29) is 38.8 Å². The Labute approximate surface area is 130 Å². The molecule has 1 amide bonds. The Balaban J connectivity index is 0.00000256. The summed E-state index contributed by atoms with van der Waals surface area (Å²) in [6, 6.07) is 0. The van der Waals surface area contributed by atoms with E-state index < -0.39 is 5.60 Å². The number of ether oxygens (including phenoxy) is 1. The normalized spacial score (nSPS) is 21.1. The van der Waals surface area contributed by atoms with Crippen LogP contribution in [0.2, 0.25) is 0 Å². The first-order chi connectivity index (χ1) is 7.42. The molecule has 17 heavy (non-hydrogen) atoms. The maximum atomic E-state index is 11.8. The van der Waals surface area contributed by atoms with E-state index in [2.05, 4.69) is 0 Å². The van der Waals surface area contributed by atoms with Crippen molar-refractivity contribution in [2.75, 3.05) is 13.1 Å². The number of nitrogens with zero attached hydrogens (tertiary/aromatic N) is 1. The van der Waals surface area contributed by atoms with Crippen molar-refractivity contribution in [2.24, 2.45) is 5.92 Å². The molecule has 0 bridgehead atoms. The van der Waals surface area contributed by atoms with Gasteiger partial charge in [0.05, 0.1) is 0 Å². The number of hydrogen-bond donors (Lipinski definition) is 0. The van der Waals surface area contributed by atoms with E-state index in [0.717, 1.165) is 32.4 Å². The van der Waals surface area contributed by atoms with E-state index in [1.54, 1.807) is 11.0 Å². The topological polar surface area (TPSA) is 29.5 Å². The zero-order valence-corrected chi connectivity index (χ0v) is 13.9. The molecule has 0 aliphatic carbocycles. The van der Waals surface area contributed by atoms with Gasteiger partial charge in [0.15, 0.2) is 0 Å². The molecular formula is C13H22NO2Y-. The minimum atomic E-state index is -0.414. The van der Waals surface area contributed by atoms with Gasteiger partial charge in [-0.3, -0.25) is 6.08 Å². The number of allylic oxidation sites excluding steroid dienone is 1. The van der Waals surface area contributed by atoms with Crippen molar-refractivity contribution in [1.82, 2.24) is 4.90 Å². The van der Waals surface area contributed by atoms with Gasteiger partial charge >= 0.3 is 6.09 Å². The van der Waals surface area contributed by atoms with Gasteiger partial charge in [-0.2, -0.15) is 0 Å². The average Bonchev–Trinajstić information content (AvgIpc) is 2.39. The summed E-state index contributed by atoms with van der Waals surface area (Å²) < 4.78 is 5.35. The Morgan fingerprint density at radius 3 is 2.53 bits per heavy atom. The monoisotopic (exact) mass is 313 g/mol. The zero-order valence-electron chi connectivity index (χ0n) is 11.1. The standard InChI is InChI=1S/C13H22NO2.Y/c1-5-11-7-6-9-14(10-8-11)12(15)16-13(2,3)4;/h1,5,11H,6-10H2,2-4H3;/q-1;. The smallest absolute Gasteiger partial charge is 0.410 e. The molecule has 1 radical (unpaired) electrons. The van der Waals surface area contributed by atoms with Crippen molar-refractivity contribution in [2.45, 2.75) is 45.6 Å². The van der Waals surface area contributed by atoms with E-state index in [1.165, 1.54) is 0 Å². The molecule has 1 unspecified atom stereocenters. The van der Waals surface area contributed by atoms with E-state index in [9.17, 15) is 4.79 Å². The van der Waals surface area contributed by atoms with Gasteiger partial charge in [-0.25, -0.2) is 4.79 Å². The molecule has 95 valence electrons. The van der Waals surface area contributed by atoms with Gasteiger partial charge in [0.1, 0.15) is 5.60 Å². The largest absolute Gasteiger partial charge is 0.518 e. The third-order valence-corrected chi connectivity index (χ3v) is 2.70. The van der Waals surface area contributed by atoms with E-state index in [1.807, 2.05) is 20.8 Å². The van der Waals surface area contributed by atoms with Gasteiger partial charge < -0.3 is 16.2 Å². The van der Waals surface area contributed by atoms with Crippen molar-refractivity contribution < 1.29 is 42.2 Å². The first-order valence-electron chi connectivity index (χ1n) is 5.95. The predicted molar refractivity (Wildman–Crippen MR) is 64.0 cm³/mol. The summed E-state index contributed by atoms with van der Waals surface area (Å²) in [5.41, 5.74) is -0.414. The number of rotatable bonds is 1. The fourth-order valence-electron chi connectivity index (χ4n) is 1.82. The third-order valence-electron chi connectivity index (χ3n) is 2.70. The van der Waals surface area contributed by atoms with Gasteiger partial charge in [0.2, 0.25) is 0 Å². The minimum Gasteiger partial charge on any atom is -0.518 e. The molecule has 3 nitrogen and oxygen atoms in total. The molecule has 1 heterocycles. The fourth-order valence-corrected chi connectivity index (χ4v) is 1.82. The van der Waals surface area contributed by atoms with Crippen molar-refractivity contribution in [1.29, 1.82) is 0 Å². The van der Waals surface area contributed by atoms with Gasteiger partial charge in [0.25, 0.3) is 0 Å². The van der Waals surface area contributed by atoms with Crippen LogP contribution < -0.4 is 0 Å². The molecule has 1 saturated heterocycles. The van der Waals surface area contributed by atoms with E-state index in [4.69, 9.17) is 11.3 Å². The quantitative estimate of drug-likeness (QED) is 0.697. The third kappa shape index (κ3) is 6.56. The maximum absolute atomic E-state index is 11.8. The van der Waals surface area contributed by atoms with Crippen LogP contribution in [0.1, 0.15) is 40.0 Å². The first-order valence-corrected chi connectivity index (χ1v) is 5.95. The molecule has 1 atom stereocenters. The molecule has 1 rings (SSSR count). The molecular weight excluding hydrogens is 291 g/mol. The molecule has 0 N–H and O–H groups in total. The summed E-state index contributed by atoms with van der Waals surface area (Å²) in [4.78, 5) is 13.6. The second-order valence-electron chi connectivity index (χ2n) is 5.35. The van der Waals surface area contributed by atoms with Crippen molar-refractivity contribution in [3.63, 3.8) is 0 Å². The van der Waals surface area contributed by atoms with Crippen LogP contribution in [0.4, 0.5) is 4.79 Å². The van der Waals surface area contributed by atoms with Crippen LogP contribution in [-0.4, -0.2) is 29.7 Å². The van der Waals surface area contributed by atoms with Crippen molar-refractivity contribution in [3.8, 4) is 0 Å². The molecule has 4 heteroatoms. The van der Waals surface area contributed by atoms with Crippen molar-refractivity contribution >= 4 is 6.09 Å². The molecule has 0 aromatic rings. The Hall–Kier alpha value is 0.114. The molecule has 0 spiro atoms. The van der Waals surface area contributed by atoms with Crippen LogP contribution in [0.3, 0.4) is 0 Å². The van der Waals surface area contributed by atoms with Crippen LogP contribution in [-0.2, 0) is 37.4 Å². The second kappa shape index (κ2) is 7.53. The number of carbonyl (C=O) groups is 1. The summed E-state index contributed by atoms with van der Waals surface area (Å²) in [6.45, 7) is 12.7. The summed E-state index contributed by atoms with van der Waals surface area (Å²) in [6.07, 6.45) is 4.55. The van der Waals surface area contributed by atoms with Crippen LogP contribution >= 0.6 is 0 Å². The van der Waals surface area contributed by atoms with Gasteiger partial charge in [-0.05, 0) is 40.0 Å². The average molecular weight is 313 g/mol. The molecule has 1 fully saturated rings. The number of likely N-dealkylation sites (tertiary alicyclic amines) is 1. The molecule has 1 aliphatic heterocycles. The molecule has 0 aromatic carbocycles. The summed E-state index contributed by atoms with van der Waals surface area (Å²) in [7, 11) is 0. The molecule has 1 aliphatic rings. The number of carbonyl (C=O) groups excluding carboxylic acids is 1. The maximum Gasteiger partial charge on any atom is 0.410 e. The predicted octanol–water partition coefficient (Wildman–Crippen LogP) is 3.01. The van der Waals surface area contributed by atoms with E-state index >= 15 is 0 Å². The van der Waals surface area contributed by atoms with Crippen LogP contribution in [0.25, 0.3) is 0 Å². The van der Waals surface area contributed by atoms with E-state index in [0.29, 0.717) is 5.92 Å². The molecule has 0 saturated carbocycles. The summed E-state index contributed by atoms with van der Waals surface area (Å²) in [5.74, 6) is 0.437. The second-order valence-corrected chi connectivity index (χ2v) is 5.35. The first kappa shape index (κ1) is 17.1. The van der Waals surface area contributed by atoms with Gasteiger partial charge in [-0.1, -0.05) is 5.92 Å². The summed E-state index contributed by atoms with van der Waals surface area (Å²) in [5, 5.41) is 0. The van der Waals surface area contributed by atoms with Crippen molar-refractivity contribution in [3.05, 3.63) is 12.7 Å². The zero-order chi connectivity index (χ0) is 12.2. The Bertz CT molecular complexity index is 261. The van der Waals surface area contributed by atoms with Gasteiger partial charge in [0, 0.05) is 45.8 Å². The Morgan fingerprint density at radius 2 is 2.00 bits per heavy atom. The Kier molecular flexibility index (Phi) is 7.58. The number of hydrogen-bond acceptors (Lipinski definition) is 2. The molecule has 0 aromatic heterocycles. The Morgan fingerprint density at radius 1 is 1.35 bits per heavy atom. The van der Waals surface area contributed by atoms with Crippen LogP contribution in [0, 0.1) is 12.5 Å². The van der Waals surface area contributed by atoms with Crippen LogP contribution in [0.5, 0.6) is 0 Å². The number of amides is 1.